The highest BCUT2D eigenvalue weighted by Gasteiger charge is 1.30. The summed E-state index contributed by atoms with van der Waals surface area (Å²) < 4.78 is 0. The van der Waals surface area contributed by atoms with Crippen molar-refractivity contribution in [1.82, 2.24) is 0 Å². The average Bonchev–Trinajstić information content (AvgIpc) is 1.37. The second-order valence-corrected chi connectivity index (χ2v) is 1.21. The van der Waals surface area contributed by atoms with Crippen LogP contribution in [0.25, 0.3) is 0 Å². The molecule has 0 rings (SSSR count). The van der Waals surface area contributed by atoms with Crippen molar-refractivity contribution in [2.45, 2.75) is 0 Å². The van der Waals surface area contributed by atoms with Gasteiger partial charge in [-0.15, -0.1) is 8.86 Å². The van der Waals surface area contributed by atoms with Crippen molar-refractivity contribution in [3.05, 3.63) is 0 Å². The minimum Gasteiger partial charge on any atom is -0.123 e. The molecule has 0 aliphatic carbocycles. The summed E-state index contributed by atoms with van der Waals surface area (Å²) in [5.41, 5.74) is 1.94. The van der Waals surface area contributed by atoms with Crippen molar-refractivity contribution in [2.75, 3.05) is 0 Å². The van der Waals surface area contributed by atoms with Gasteiger partial charge in [-0.25, -0.2) is 0 Å². The van der Waals surface area contributed by atoms with Gasteiger partial charge in [0, 0.05) is 0 Å². The quantitative estimate of drug-likeness (QED) is 0.295. The molecular weight excluding hydrogens is 83.1 g/mol. The Kier molecular flexibility index (Phi) is 3.47. The van der Waals surface area contributed by atoms with Gasteiger partial charge in [0.2, 0.25) is 0 Å². The molecule has 0 fully saturated rings. The first-order valence-electron chi connectivity index (χ1n) is 1.03. The molecule has 22 valence electrons. The minimum atomic E-state index is 1.79. The van der Waals surface area contributed by atoms with E-state index in [1.165, 1.54) is 0 Å². The van der Waals surface area contributed by atoms with Crippen LogP contribution in [0.3, 0.4) is 0 Å². The Morgan fingerprint density at radius 3 is 2.00 bits per heavy atom. The molecule has 0 atom stereocenters. The number of hydrogen-bond donors (Lipinski definition) is 0. The van der Waals surface area contributed by atoms with Gasteiger partial charge in [-0.05, 0) is 15.7 Å². The fourth-order valence-corrected chi connectivity index (χ4v) is 0. The van der Waals surface area contributed by atoms with Gasteiger partial charge < -0.3 is 0 Å². The summed E-state index contributed by atoms with van der Waals surface area (Å²) in [5.74, 6) is 1.82. The van der Waals surface area contributed by atoms with Crippen LogP contribution in [0.5, 0.6) is 0 Å². The van der Waals surface area contributed by atoms with Gasteiger partial charge in [0.25, 0.3) is 0 Å². The molecule has 0 bridgehead atoms. The Bertz CT molecular complexity index is 27.0. The van der Waals surface area contributed by atoms with Crippen molar-refractivity contribution in [3.8, 4) is 0 Å². The Hall–Kier alpha value is 0.257. The maximum Gasteiger partial charge on any atom is -0.0231 e. The third-order valence-electron chi connectivity index (χ3n) is 0.118. The molecule has 0 aromatic heterocycles. The smallest absolute Gasteiger partial charge is 0.0231 e. The molecule has 0 N–H and O–H groups in total. The summed E-state index contributed by atoms with van der Waals surface area (Å²) >= 11 is 0. The van der Waals surface area contributed by atoms with Crippen molar-refractivity contribution in [1.29, 1.82) is 0 Å². The summed E-state index contributed by atoms with van der Waals surface area (Å²) in [6.07, 6.45) is 0. The largest absolute Gasteiger partial charge is 0.123 e. The molecule has 0 saturated heterocycles. The third kappa shape index (κ3) is 2.26. The van der Waals surface area contributed by atoms with Crippen molar-refractivity contribution in [3.63, 3.8) is 0 Å². The Labute approximate surface area is 31.1 Å². The van der Waals surface area contributed by atoms with E-state index in [1.54, 1.807) is 9.85 Å². The maximum atomic E-state index is 3.11. The predicted molar refractivity (Wildman–Crippen MR) is 29.0 cm³/mol. The summed E-state index contributed by atoms with van der Waals surface area (Å²) in [5, 5.41) is 0. The molecule has 2 heteroatoms. The Morgan fingerprint density at radius 1 is 1.75 bits per heavy atom. The van der Waals surface area contributed by atoms with Gasteiger partial charge in [0.15, 0.2) is 0 Å². The van der Waals surface area contributed by atoms with E-state index in [0.717, 1.165) is 0 Å². The van der Waals surface area contributed by atoms with E-state index < -0.39 is 0 Å². The molecule has 0 heterocycles. The Balaban J connectivity index is 2.73. The average molecular weight is 88.1 g/mol. The molecule has 0 saturated carbocycles. The zero-order chi connectivity index (χ0) is 3.41. The zero-order valence-electron chi connectivity index (χ0n) is 2.36. The van der Waals surface area contributed by atoms with Crippen molar-refractivity contribution in [2.24, 2.45) is 0 Å². The van der Waals surface area contributed by atoms with Crippen LogP contribution >= 0.6 is 8.86 Å². The maximum absolute atomic E-state index is 3.11. The number of rotatable bonds is 1. The van der Waals surface area contributed by atoms with Crippen LogP contribution < -0.4 is 0 Å². The molecule has 0 unspecified atom stereocenters. The molecule has 0 radical (unpaired) electrons. The molecule has 0 nitrogen and oxygen atoms in total. The van der Waals surface area contributed by atoms with Crippen LogP contribution in [0.2, 0.25) is 0 Å². The number of hydrogen-bond acceptors (Lipinski definition) is 0. The predicted octanol–water partition coefficient (Wildman–Crippen LogP) is -0.633. The molecule has 0 aromatic carbocycles. The lowest BCUT2D eigenvalue weighted by Crippen LogP contribution is -1.59. The first-order valence-corrected chi connectivity index (χ1v) is 2.42. The summed E-state index contributed by atoms with van der Waals surface area (Å²) in [6, 6.07) is 0. The highest BCUT2D eigenvalue weighted by molar-refractivity contribution is 7.22. The highest BCUT2D eigenvalue weighted by atomic mass is 31.0. The lowest BCUT2D eigenvalue weighted by Gasteiger charge is -1.43. The van der Waals surface area contributed by atoms with E-state index in [2.05, 4.69) is 8.86 Å². The van der Waals surface area contributed by atoms with Crippen LogP contribution in [0.1, 0.15) is 0 Å². The Morgan fingerprint density at radius 2 is 2.00 bits per heavy atom. The lowest BCUT2D eigenvalue weighted by molar-refractivity contribution is 3.80. The molecule has 0 amide bonds. The van der Waals surface area contributed by atoms with Crippen LogP contribution in [0, 0.1) is 0 Å². The van der Waals surface area contributed by atoms with Crippen LogP contribution in [-0.4, -0.2) is 21.3 Å². The van der Waals surface area contributed by atoms with E-state index in [1.807, 2.05) is 11.5 Å². The molecule has 4 heavy (non-hydrogen) atoms. The molecule has 0 aromatic rings. The zero-order valence-corrected chi connectivity index (χ0v) is 4.78. The van der Waals surface area contributed by atoms with Gasteiger partial charge in [-0.3, -0.25) is 0 Å². The van der Waals surface area contributed by atoms with E-state index >= 15 is 0 Å². The fourth-order valence-electron chi connectivity index (χ4n) is 0. The topological polar surface area (TPSA) is 0 Å². The highest BCUT2D eigenvalue weighted by Crippen LogP contribution is 1.39. The summed E-state index contributed by atoms with van der Waals surface area (Å²) in [4.78, 5) is 0. The monoisotopic (exact) mass is 88.0 g/mol. The first-order chi connectivity index (χ1) is 1.91. The fraction of sp³-hybridized carbons (Fsp3) is 0. The summed E-state index contributed by atoms with van der Waals surface area (Å²) in [7, 11) is 4.91. The minimum absolute atomic E-state index is 1.79. The van der Waals surface area contributed by atoms with Crippen molar-refractivity contribution >= 4 is 30.2 Å². The molecule has 0 spiro atoms. The van der Waals surface area contributed by atoms with Crippen molar-refractivity contribution < 1.29 is 0 Å². The van der Waals surface area contributed by atoms with Crippen LogP contribution in [-0.2, 0) is 0 Å². The van der Waals surface area contributed by atoms with Crippen LogP contribution in [0.4, 0.5) is 0 Å². The van der Waals surface area contributed by atoms with E-state index in [0.29, 0.717) is 0 Å². The third-order valence-corrected chi connectivity index (χ3v) is 1.06. The standard InChI is InChI=1S/C2H5PSi/c3-1-2-4/h1-3H,4H2. The van der Waals surface area contributed by atoms with Crippen LogP contribution in [0.15, 0.2) is 0 Å². The normalized spacial score (nSPS) is 5.00. The summed E-state index contributed by atoms with van der Waals surface area (Å²) in [6.45, 7) is 0. The molecular formula is C2H5PSi. The second kappa shape index (κ2) is 3.26. The van der Waals surface area contributed by atoms with Gasteiger partial charge in [-0.2, -0.15) is 0 Å². The van der Waals surface area contributed by atoms with Gasteiger partial charge in [0.1, 0.15) is 0 Å². The first kappa shape index (κ1) is 4.26. The van der Waals surface area contributed by atoms with Gasteiger partial charge in [-0.1, -0.05) is 5.67 Å². The lowest BCUT2D eigenvalue weighted by atomic mass is 11.0. The van der Waals surface area contributed by atoms with E-state index in [9.17, 15) is 0 Å². The molecule has 0 aliphatic rings. The SMILES string of the molecule is [SiH2]=CC=P. The molecule has 0 aliphatic heterocycles. The van der Waals surface area contributed by atoms with E-state index in [4.69, 9.17) is 0 Å². The van der Waals surface area contributed by atoms with Gasteiger partial charge in [0.05, 0.1) is 0 Å². The van der Waals surface area contributed by atoms with E-state index in [-0.39, 0.29) is 0 Å². The second-order valence-electron chi connectivity index (χ2n) is 0.402. The van der Waals surface area contributed by atoms with Gasteiger partial charge >= 0.3 is 0 Å².